The first-order valence-electron chi connectivity index (χ1n) is 11.4. The summed E-state index contributed by atoms with van der Waals surface area (Å²) in [4.78, 5) is 19.4. The number of fused-ring (bicyclic) bond motifs is 2. The minimum absolute atomic E-state index is 0.0789. The molecular formula is C26H29N3O2S. The highest BCUT2D eigenvalue weighted by atomic mass is 32.1. The van der Waals surface area contributed by atoms with Crippen LogP contribution in [0.25, 0.3) is 21.0 Å². The second kappa shape index (κ2) is 9.35. The Bertz CT molecular complexity index is 1260. The van der Waals surface area contributed by atoms with Gasteiger partial charge in [-0.05, 0) is 74.2 Å². The van der Waals surface area contributed by atoms with Crippen molar-refractivity contribution in [1.82, 2.24) is 9.88 Å². The third kappa shape index (κ3) is 4.52. The predicted octanol–water partition coefficient (Wildman–Crippen LogP) is 5.11. The van der Waals surface area contributed by atoms with Crippen molar-refractivity contribution in [1.29, 1.82) is 0 Å². The standard InChI is InChI=1S/C26H29N3O2S/c1-19-18-29(24-5-4-6-25-22(24)11-16-32-25)14-13-28(19)12-2-3-15-31-21-8-9-23-20(17-21)7-10-26(30)27-23/h4-11,16-17,19H,2-3,12-15,18H2,1H3,(H,27,30). The highest BCUT2D eigenvalue weighted by molar-refractivity contribution is 7.17. The van der Waals surface area contributed by atoms with E-state index in [1.165, 1.54) is 15.8 Å². The third-order valence-corrected chi connectivity index (χ3v) is 7.26. The molecule has 1 saturated heterocycles. The van der Waals surface area contributed by atoms with Crippen LogP contribution in [0.3, 0.4) is 0 Å². The maximum Gasteiger partial charge on any atom is 0.248 e. The molecule has 5 rings (SSSR count). The van der Waals surface area contributed by atoms with Crippen molar-refractivity contribution in [3.05, 3.63) is 70.3 Å². The topological polar surface area (TPSA) is 48.6 Å². The van der Waals surface area contributed by atoms with Crippen molar-refractivity contribution in [2.24, 2.45) is 0 Å². The van der Waals surface area contributed by atoms with Crippen LogP contribution in [0.1, 0.15) is 19.8 Å². The molecule has 166 valence electrons. The molecule has 4 aromatic rings. The molecule has 1 aliphatic rings. The zero-order valence-corrected chi connectivity index (χ0v) is 19.2. The van der Waals surface area contributed by atoms with Crippen molar-refractivity contribution >= 4 is 38.0 Å². The van der Waals surface area contributed by atoms with Gasteiger partial charge in [0.15, 0.2) is 0 Å². The molecular weight excluding hydrogens is 418 g/mol. The van der Waals surface area contributed by atoms with Crippen molar-refractivity contribution < 1.29 is 4.74 Å². The number of unbranched alkanes of at least 4 members (excludes halogenated alkanes) is 1. The number of thiophene rings is 1. The van der Waals surface area contributed by atoms with Crippen LogP contribution >= 0.6 is 11.3 Å². The van der Waals surface area contributed by atoms with E-state index in [1.807, 2.05) is 35.6 Å². The molecule has 32 heavy (non-hydrogen) atoms. The summed E-state index contributed by atoms with van der Waals surface area (Å²) in [5.74, 6) is 0.856. The van der Waals surface area contributed by atoms with Gasteiger partial charge < -0.3 is 14.6 Å². The molecule has 1 atom stereocenters. The molecule has 0 saturated carbocycles. The Labute approximate surface area is 192 Å². The van der Waals surface area contributed by atoms with Crippen molar-refractivity contribution in [3.63, 3.8) is 0 Å². The number of piperazine rings is 1. The van der Waals surface area contributed by atoms with E-state index in [0.717, 1.165) is 55.7 Å². The van der Waals surface area contributed by atoms with Gasteiger partial charge in [0, 0.05) is 58.4 Å². The highest BCUT2D eigenvalue weighted by Crippen LogP contribution is 2.31. The fraction of sp³-hybridized carbons (Fsp3) is 0.346. The van der Waals surface area contributed by atoms with Crippen molar-refractivity contribution in [3.8, 4) is 5.75 Å². The van der Waals surface area contributed by atoms with Crippen LogP contribution in [0.4, 0.5) is 5.69 Å². The smallest absolute Gasteiger partial charge is 0.248 e. The first-order chi connectivity index (χ1) is 15.7. The molecule has 2 aromatic carbocycles. The van der Waals surface area contributed by atoms with Crippen LogP contribution in [-0.4, -0.2) is 48.7 Å². The van der Waals surface area contributed by atoms with Gasteiger partial charge in [0.05, 0.1) is 6.61 Å². The summed E-state index contributed by atoms with van der Waals surface area (Å²) in [6.07, 6.45) is 2.16. The Hall–Kier alpha value is -2.83. The van der Waals surface area contributed by atoms with Gasteiger partial charge in [-0.1, -0.05) is 6.07 Å². The van der Waals surface area contributed by atoms with Crippen LogP contribution in [0.15, 0.2) is 64.8 Å². The number of aromatic nitrogens is 1. The molecule has 0 spiro atoms. The molecule has 1 N–H and O–H groups in total. The number of ether oxygens (including phenoxy) is 1. The number of rotatable bonds is 7. The molecule has 0 radical (unpaired) electrons. The zero-order valence-electron chi connectivity index (χ0n) is 18.4. The van der Waals surface area contributed by atoms with Gasteiger partial charge >= 0.3 is 0 Å². The lowest BCUT2D eigenvalue weighted by Gasteiger charge is -2.41. The number of hydrogen-bond donors (Lipinski definition) is 1. The molecule has 1 unspecified atom stereocenters. The Morgan fingerprint density at radius 1 is 1.09 bits per heavy atom. The van der Waals surface area contributed by atoms with Crippen LogP contribution < -0.4 is 15.2 Å². The van der Waals surface area contributed by atoms with Gasteiger partial charge in [-0.25, -0.2) is 0 Å². The molecule has 3 heterocycles. The zero-order chi connectivity index (χ0) is 21.9. The molecule has 6 heteroatoms. The molecule has 2 aromatic heterocycles. The number of aromatic amines is 1. The third-order valence-electron chi connectivity index (χ3n) is 6.38. The van der Waals surface area contributed by atoms with Gasteiger partial charge in [-0.3, -0.25) is 9.69 Å². The summed E-state index contributed by atoms with van der Waals surface area (Å²) in [7, 11) is 0. The number of hydrogen-bond acceptors (Lipinski definition) is 5. The molecule has 5 nitrogen and oxygen atoms in total. The van der Waals surface area contributed by atoms with Crippen molar-refractivity contribution in [2.75, 3.05) is 37.7 Å². The number of H-pyrrole nitrogens is 1. The summed E-state index contributed by atoms with van der Waals surface area (Å²) in [6.45, 7) is 7.42. The lowest BCUT2D eigenvalue weighted by molar-refractivity contribution is 0.181. The van der Waals surface area contributed by atoms with Gasteiger partial charge in [0.25, 0.3) is 0 Å². The van der Waals surface area contributed by atoms with E-state index in [2.05, 4.69) is 51.4 Å². The second-order valence-corrected chi connectivity index (χ2v) is 9.52. The number of benzene rings is 2. The lowest BCUT2D eigenvalue weighted by atomic mass is 10.1. The molecule has 0 aliphatic carbocycles. The number of pyridine rings is 1. The number of anilines is 1. The maximum atomic E-state index is 11.4. The molecule has 0 bridgehead atoms. The fourth-order valence-electron chi connectivity index (χ4n) is 4.63. The Kier molecular flexibility index (Phi) is 6.14. The van der Waals surface area contributed by atoms with E-state index in [9.17, 15) is 4.79 Å². The first-order valence-corrected chi connectivity index (χ1v) is 12.3. The largest absolute Gasteiger partial charge is 0.494 e. The van der Waals surface area contributed by atoms with E-state index in [4.69, 9.17) is 4.74 Å². The van der Waals surface area contributed by atoms with E-state index in [-0.39, 0.29) is 5.56 Å². The van der Waals surface area contributed by atoms with E-state index >= 15 is 0 Å². The SMILES string of the molecule is CC1CN(c2cccc3sccc23)CCN1CCCCOc1ccc2[nH]c(=O)ccc2c1. The Morgan fingerprint density at radius 3 is 2.94 bits per heavy atom. The Morgan fingerprint density at radius 2 is 2.03 bits per heavy atom. The minimum atomic E-state index is -0.0789. The summed E-state index contributed by atoms with van der Waals surface area (Å²) in [6, 6.07) is 18.7. The second-order valence-electron chi connectivity index (χ2n) is 8.57. The average molecular weight is 448 g/mol. The lowest BCUT2D eigenvalue weighted by Crippen LogP contribution is -2.52. The average Bonchev–Trinajstić information content (AvgIpc) is 3.29. The fourth-order valence-corrected chi connectivity index (χ4v) is 5.44. The van der Waals surface area contributed by atoms with Crippen LogP contribution in [0.2, 0.25) is 0 Å². The van der Waals surface area contributed by atoms with E-state index in [0.29, 0.717) is 12.6 Å². The number of nitrogens with one attached hydrogen (secondary N) is 1. The molecule has 1 fully saturated rings. The van der Waals surface area contributed by atoms with E-state index in [1.54, 1.807) is 6.07 Å². The number of nitrogens with zero attached hydrogens (tertiary/aromatic N) is 2. The Balaban J connectivity index is 1.08. The van der Waals surface area contributed by atoms with Gasteiger partial charge in [-0.15, -0.1) is 11.3 Å². The summed E-state index contributed by atoms with van der Waals surface area (Å²) < 4.78 is 7.32. The first kappa shape index (κ1) is 21.0. The van der Waals surface area contributed by atoms with Crippen LogP contribution in [0, 0.1) is 0 Å². The van der Waals surface area contributed by atoms with Gasteiger partial charge in [-0.2, -0.15) is 0 Å². The summed E-state index contributed by atoms with van der Waals surface area (Å²) >= 11 is 1.82. The summed E-state index contributed by atoms with van der Waals surface area (Å²) in [5, 5.41) is 4.57. The van der Waals surface area contributed by atoms with Crippen LogP contribution in [0.5, 0.6) is 5.75 Å². The summed E-state index contributed by atoms with van der Waals surface area (Å²) in [5.41, 5.74) is 2.14. The van der Waals surface area contributed by atoms with Crippen molar-refractivity contribution in [2.45, 2.75) is 25.8 Å². The van der Waals surface area contributed by atoms with Gasteiger partial charge in [0.2, 0.25) is 5.56 Å². The monoisotopic (exact) mass is 447 g/mol. The van der Waals surface area contributed by atoms with Crippen LogP contribution in [-0.2, 0) is 0 Å². The maximum absolute atomic E-state index is 11.4. The molecule has 1 aliphatic heterocycles. The van der Waals surface area contributed by atoms with E-state index < -0.39 is 0 Å². The predicted molar refractivity (Wildman–Crippen MR) is 134 cm³/mol. The minimum Gasteiger partial charge on any atom is -0.494 e. The quantitative estimate of drug-likeness (QED) is 0.400. The normalized spacial score (nSPS) is 17.3. The molecule has 0 amide bonds. The van der Waals surface area contributed by atoms with Gasteiger partial charge in [0.1, 0.15) is 5.75 Å². The highest BCUT2D eigenvalue weighted by Gasteiger charge is 2.24.